The Morgan fingerprint density at radius 2 is 0.597 bits per heavy atom. The van der Waals surface area contributed by atoms with Gasteiger partial charge in [-0.15, -0.1) is 22.1 Å². The van der Waals surface area contributed by atoms with E-state index in [1.165, 1.54) is 33.4 Å². The molecule has 67 heavy (non-hydrogen) atoms. The minimum Gasteiger partial charge on any atom is -0.657 e. The van der Waals surface area contributed by atoms with Crippen LogP contribution in [0, 0.1) is 0 Å². The summed E-state index contributed by atoms with van der Waals surface area (Å²) in [5.41, 5.74) is 20.6. The Morgan fingerprint density at radius 3 is 0.925 bits per heavy atom. The topological polar surface area (TPSA) is 54.0 Å². The fraction of sp³-hybridized carbons (Fsp3) is 0.387. The van der Waals surface area contributed by atoms with Gasteiger partial charge < -0.3 is 9.97 Å². The van der Waals surface area contributed by atoms with Gasteiger partial charge >= 0.3 is 16.5 Å². The van der Waals surface area contributed by atoms with Gasteiger partial charge in [0, 0.05) is 0 Å². The van der Waals surface area contributed by atoms with Gasteiger partial charge in [0.2, 0.25) is 0 Å². The maximum atomic E-state index is 5.67. The SMILES string of the molecule is CC(C)(C)c1cc(-c2c3nc(c(-c4cc(C(C)(C)C)cc(C(C)(C)C)c4)c4ccc([n-]4)c(-c4cc(C(C)(C)C)cc(C(C)(C)C)c4)c4nc(cc5ccc2[n-]5)C=C4)C=C3)cc(C(C)(C)C)c1.[Ni+2]. The summed E-state index contributed by atoms with van der Waals surface area (Å²) in [5.74, 6) is 0. The number of nitrogens with zero attached hydrogens (tertiary/aromatic N) is 4. The molecule has 350 valence electrons. The first-order chi connectivity index (χ1) is 30.4. The Bertz CT molecular complexity index is 2950. The van der Waals surface area contributed by atoms with Crippen molar-refractivity contribution in [1.29, 1.82) is 0 Å². The van der Waals surface area contributed by atoms with Crippen molar-refractivity contribution in [2.75, 3.05) is 0 Å². The molecule has 8 bridgehead atoms. The zero-order valence-corrected chi connectivity index (χ0v) is 44.5. The summed E-state index contributed by atoms with van der Waals surface area (Å²) in [6.07, 6.45) is 8.66. The molecule has 0 amide bonds. The molecule has 0 aliphatic carbocycles. The van der Waals surface area contributed by atoms with E-state index >= 15 is 0 Å². The second-order valence-electron chi connectivity index (χ2n) is 25.1. The van der Waals surface area contributed by atoms with Crippen LogP contribution in [0.4, 0.5) is 0 Å². The first kappa shape index (κ1) is 49.7. The molecule has 0 radical (unpaired) electrons. The first-order valence-electron chi connectivity index (χ1n) is 24.0. The van der Waals surface area contributed by atoms with Gasteiger partial charge in [-0.2, -0.15) is 0 Å². The standard InChI is InChI=1S/C62H72N4.Ni/c1-57(2,3)40-27-37(28-41(33-40)58(4,5)6)54-48-21-19-46(63-48)36-47-20-22-49(64-47)55(38-29-42(59(7,8)9)34-43(30-38)60(10,11)12)51-24-26-53(66-51)56(52-25-23-50(54)65-52)39-31-44(61(13,14)15)35-45(32-39)62(16,17)18;/h19-36H,1-18H3;/q-2;+2. The van der Waals surface area contributed by atoms with Crippen LogP contribution in [-0.4, -0.2) is 9.97 Å². The largest absolute Gasteiger partial charge is 2.00 e. The second kappa shape index (κ2) is 17.1. The van der Waals surface area contributed by atoms with Crippen molar-refractivity contribution in [3.8, 4) is 33.4 Å². The van der Waals surface area contributed by atoms with Crippen LogP contribution in [-0.2, 0) is 49.0 Å². The van der Waals surface area contributed by atoms with Gasteiger partial charge in [0.05, 0.1) is 22.8 Å². The molecule has 8 rings (SSSR count). The summed E-state index contributed by atoms with van der Waals surface area (Å²) in [4.78, 5) is 22.1. The quantitative estimate of drug-likeness (QED) is 0.166. The molecule has 2 aliphatic rings. The maximum Gasteiger partial charge on any atom is 2.00 e. The summed E-state index contributed by atoms with van der Waals surface area (Å²) in [6, 6.07) is 32.1. The van der Waals surface area contributed by atoms with Crippen molar-refractivity contribution in [2.24, 2.45) is 0 Å². The maximum absolute atomic E-state index is 5.67. The van der Waals surface area contributed by atoms with Gasteiger partial charge in [0.25, 0.3) is 0 Å². The van der Waals surface area contributed by atoms with E-state index < -0.39 is 0 Å². The molecule has 2 aliphatic heterocycles. The van der Waals surface area contributed by atoms with Gasteiger partial charge in [-0.25, -0.2) is 9.97 Å². The molecule has 6 aromatic rings. The van der Waals surface area contributed by atoms with Gasteiger partial charge in [-0.3, -0.25) is 0 Å². The Morgan fingerprint density at radius 1 is 0.313 bits per heavy atom. The Balaban J connectivity index is 0.00000666. The minimum absolute atomic E-state index is 0. The monoisotopic (exact) mass is 931 g/mol. The van der Waals surface area contributed by atoms with E-state index in [1.807, 2.05) is 0 Å². The molecule has 0 spiro atoms. The number of rotatable bonds is 3. The van der Waals surface area contributed by atoms with Gasteiger partial charge in [-0.05, 0) is 124 Å². The molecule has 3 aromatic carbocycles. The molecular formula is C62H72N4Ni. The minimum atomic E-state index is -0.0863. The average Bonchev–Trinajstić information content (AvgIpc) is 4.03. The normalized spacial score (nSPS) is 13.6. The third-order valence-corrected chi connectivity index (χ3v) is 13.3. The van der Waals surface area contributed by atoms with Crippen molar-refractivity contribution >= 4 is 46.4 Å². The van der Waals surface area contributed by atoms with Gasteiger partial charge in [0.1, 0.15) is 0 Å². The van der Waals surface area contributed by atoms with Crippen molar-refractivity contribution in [1.82, 2.24) is 19.9 Å². The Labute approximate surface area is 412 Å². The molecule has 0 saturated heterocycles. The third-order valence-electron chi connectivity index (χ3n) is 13.3. The molecule has 0 fully saturated rings. The van der Waals surface area contributed by atoms with Crippen LogP contribution in [0.15, 0.2) is 84.9 Å². The fourth-order valence-electron chi connectivity index (χ4n) is 8.82. The predicted molar refractivity (Wildman–Crippen MR) is 285 cm³/mol. The summed E-state index contributed by atoms with van der Waals surface area (Å²) in [7, 11) is 0. The Hall–Kier alpha value is -5.25. The number of benzene rings is 3. The smallest absolute Gasteiger partial charge is 0.657 e. The van der Waals surface area contributed by atoms with Gasteiger partial charge in [-0.1, -0.05) is 210 Å². The summed E-state index contributed by atoms with van der Waals surface area (Å²) in [5, 5.41) is 0. The molecule has 5 heteroatoms. The van der Waals surface area contributed by atoms with Crippen LogP contribution in [0.5, 0.6) is 0 Å². The van der Waals surface area contributed by atoms with Crippen LogP contribution in [0.25, 0.3) is 79.8 Å². The van der Waals surface area contributed by atoms with Crippen molar-refractivity contribution in [2.45, 2.75) is 157 Å². The van der Waals surface area contributed by atoms with E-state index in [0.29, 0.717) is 0 Å². The van der Waals surface area contributed by atoms with E-state index in [1.54, 1.807) is 0 Å². The van der Waals surface area contributed by atoms with Crippen LogP contribution in [0.1, 0.15) is 181 Å². The number of aromatic nitrogens is 4. The number of hydrogen-bond donors (Lipinski definition) is 0. The zero-order chi connectivity index (χ0) is 48.1. The van der Waals surface area contributed by atoms with Crippen molar-refractivity contribution in [3.63, 3.8) is 0 Å². The number of hydrogen-bond acceptors (Lipinski definition) is 2. The molecule has 0 unspecified atom stereocenters. The molecule has 0 saturated carbocycles. The van der Waals surface area contributed by atoms with Crippen LogP contribution < -0.4 is 9.97 Å². The third kappa shape index (κ3) is 10.3. The first-order valence-corrected chi connectivity index (χ1v) is 24.0. The molecule has 5 heterocycles. The van der Waals surface area contributed by atoms with E-state index in [9.17, 15) is 0 Å². The average molecular weight is 932 g/mol. The zero-order valence-electron chi connectivity index (χ0n) is 43.5. The van der Waals surface area contributed by atoms with Crippen molar-refractivity contribution < 1.29 is 16.5 Å². The van der Waals surface area contributed by atoms with E-state index in [0.717, 1.165) is 78.2 Å². The molecular weight excluding hydrogens is 859 g/mol. The summed E-state index contributed by atoms with van der Waals surface area (Å²) < 4.78 is 0. The molecule has 3 aromatic heterocycles. The van der Waals surface area contributed by atoms with Crippen LogP contribution in [0.3, 0.4) is 0 Å². The van der Waals surface area contributed by atoms with E-state index in [2.05, 4.69) is 234 Å². The van der Waals surface area contributed by atoms with Gasteiger partial charge in [0.15, 0.2) is 0 Å². The summed E-state index contributed by atoms with van der Waals surface area (Å²) >= 11 is 0. The second-order valence-corrected chi connectivity index (χ2v) is 25.1. The Kier molecular flexibility index (Phi) is 12.6. The predicted octanol–water partition coefficient (Wildman–Crippen LogP) is 16.7. The van der Waals surface area contributed by atoms with Crippen LogP contribution in [0.2, 0.25) is 0 Å². The van der Waals surface area contributed by atoms with Crippen molar-refractivity contribution in [3.05, 3.63) is 141 Å². The molecule has 4 nitrogen and oxygen atoms in total. The summed E-state index contributed by atoms with van der Waals surface area (Å²) in [6.45, 7) is 41.4. The fourth-order valence-corrected chi connectivity index (χ4v) is 8.82. The van der Waals surface area contributed by atoms with E-state index in [-0.39, 0.29) is 49.0 Å². The number of fused-ring (bicyclic) bond motifs is 8. The molecule has 0 N–H and O–H groups in total. The van der Waals surface area contributed by atoms with E-state index in [4.69, 9.17) is 19.9 Å². The van der Waals surface area contributed by atoms with Crippen LogP contribution >= 0.6 is 0 Å². The molecule has 0 atom stereocenters.